The van der Waals surface area contributed by atoms with Gasteiger partial charge in [-0.25, -0.2) is 0 Å². The number of hydrogen-bond donors (Lipinski definition) is 1. The average molecular weight is 449 g/mol. The number of aromatic amines is 1. The fourth-order valence-electron chi connectivity index (χ4n) is 6.44. The molecule has 0 saturated heterocycles. The van der Waals surface area contributed by atoms with Gasteiger partial charge in [-0.3, -0.25) is 0 Å². The molecule has 3 aliphatic rings. The highest BCUT2D eigenvalue weighted by Gasteiger charge is 2.34. The maximum absolute atomic E-state index is 3.77. The van der Waals surface area contributed by atoms with Crippen LogP contribution < -0.4 is 0 Å². The number of aromatic nitrogens is 1. The van der Waals surface area contributed by atoms with Crippen LogP contribution >= 0.6 is 0 Å². The van der Waals surface area contributed by atoms with E-state index < -0.39 is 0 Å². The van der Waals surface area contributed by atoms with E-state index in [1.165, 1.54) is 60.1 Å². The lowest BCUT2D eigenvalue weighted by Crippen LogP contribution is -2.38. The van der Waals surface area contributed by atoms with Crippen LogP contribution in [0.4, 0.5) is 0 Å². The van der Waals surface area contributed by atoms with Crippen LogP contribution in [0.2, 0.25) is 0 Å². The van der Waals surface area contributed by atoms with E-state index in [9.17, 15) is 0 Å². The van der Waals surface area contributed by atoms with Crippen LogP contribution in [0.1, 0.15) is 12.0 Å². The second-order valence-corrected chi connectivity index (χ2v) is 9.83. The van der Waals surface area contributed by atoms with E-state index in [1.807, 2.05) is 0 Å². The monoisotopic (exact) mass is 448 g/mol. The molecule has 0 amide bonds. The molecule has 1 N–H and O–H groups in total. The maximum atomic E-state index is 3.77. The lowest BCUT2D eigenvalue weighted by Gasteiger charge is -2.41. The number of fused-ring (bicyclic) bond motifs is 11. The van der Waals surface area contributed by atoms with Crippen molar-refractivity contribution in [3.63, 3.8) is 0 Å². The summed E-state index contributed by atoms with van der Waals surface area (Å²) in [6.45, 7) is 0. The maximum Gasteiger partial charge on any atom is 0.0585 e. The first-order valence-electron chi connectivity index (χ1n) is 12.4. The normalized spacial score (nSPS) is 21.0. The number of allylic oxidation sites excluding steroid dienone is 6. The van der Waals surface area contributed by atoms with Gasteiger partial charge in [0, 0.05) is 45.6 Å². The Bertz CT molecular complexity index is 1840. The van der Waals surface area contributed by atoms with E-state index in [1.54, 1.807) is 0 Å². The van der Waals surface area contributed by atoms with Crippen molar-refractivity contribution >= 4 is 48.9 Å². The summed E-state index contributed by atoms with van der Waals surface area (Å²) in [6.07, 6.45) is 19.1. The van der Waals surface area contributed by atoms with E-state index in [4.69, 9.17) is 0 Å². The molecule has 0 spiro atoms. The van der Waals surface area contributed by atoms with Crippen molar-refractivity contribution in [1.29, 1.82) is 0 Å². The van der Waals surface area contributed by atoms with Crippen molar-refractivity contribution in [3.8, 4) is 0 Å². The fourth-order valence-corrected chi connectivity index (χ4v) is 6.44. The Morgan fingerprint density at radius 1 is 0.771 bits per heavy atom. The Balaban J connectivity index is 1.43. The first-order valence-corrected chi connectivity index (χ1v) is 12.4. The van der Waals surface area contributed by atoms with Crippen LogP contribution in [0.25, 0.3) is 48.9 Å². The molecule has 2 unspecified atom stereocenters. The third-order valence-electron chi connectivity index (χ3n) is 8.02. The molecule has 0 radical (unpaired) electrons. The largest absolute Gasteiger partial charge is 0.354 e. The molecule has 2 aliphatic heterocycles. The number of H-pyrrole nitrogens is 1. The number of hydrogen-bond acceptors (Lipinski definition) is 1. The molecule has 1 aliphatic carbocycles. The molecule has 5 aromatic rings. The lowest BCUT2D eigenvalue weighted by atomic mass is 9.76. The highest BCUT2D eigenvalue weighted by atomic mass is 15.1. The zero-order valence-corrected chi connectivity index (χ0v) is 19.3. The lowest BCUT2D eigenvalue weighted by molar-refractivity contribution is 0.326. The molecular weight excluding hydrogens is 424 g/mol. The first-order chi connectivity index (χ1) is 17.4. The summed E-state index contributed by atoms with van der Waals surface area (Å²) in [4.78, 5) is 6.16. The molecule has 1 aromatic heterocycles. The van der Waals surface area contributed by atoms with Crippen LogP contribution in [-0.2, 0) is 0 Å². The average Bonchev–Trinajstić information content (AvgIpc) is 3.32. The smallest absolute Gasteiger partial charge is 0.0585 e. The van der Waals surface area contributed by atoms with Crippen LogP contribution in [0.5, 0.6) is 0 Å². The molecule has 2 atom stereocenters. The first kappa shape index (κ1) is 19.1. The molecule has 2 nitrogen and oxygen atoms in total. The molecule has 4 aromatic carbocycles. The molecular formula is C33H24N2. The van der Waals surface area contributed by atoms with E-state index in [2.05, 4.69) is 125 Å². The standard InChI is InChI=1S/C33H24N2/c1-4-12-25-24(11-1)29(20-35-18-8-7-15-31(25)35)21-16-17-30-28(19-21)32-26-13-5-2-9-22(26)23-10-3-6-14-27(23)33(32)34-30/h1-11,13-20,25,31,34H,12H2. The summed E-state index contributed by atoms with van der Waals surface area (Å²) in [5, 5.41) is 7.82. The van der Waals surface area contributed by atoms with Gasteiger partial charge in [0.05, 0.1) is 11.6 Å². The van der Waals surface area contributed by atoms with Gasteiger partial charge in [-0.05, 0) is 51.9 Å². The molecule has 166 valence electrons. The number of nitrogens with zero attached hydrogens (tertiary/aromatic N) is 1. The number of benzene rings is 4. The molecule has 0 fully saturated rings. The Kier molecular flexibility index (Phi) is 3.86. The second-order valence-electron chi connectivity index (χ2n) is 9.83. The minimum Gasteiger partial charge on any atom is -0.354 e. The molecule has 8 rings (SSSR count). The van der Waals surface area contributed by atoms with Crippen LogP contribution in [-0.4, -0.2) is 15.9 Å². The zero-order chi connectivity index (χ0) is 22.9. The van der Waals surface area contributed by atoms with E-state index in [0.29, 0.717) is 12.0 Å². The van der Waals surface area contributed by atoms with Gasteiger partial charge in [-0.15, -0.1) is 0 Å². The third kappa shape index (κ3) is 2.65. The summed E-state index contributed by atoms with van der Waals surface area (Å²) in [6, 6.07) is 24.9. The van der Waals surface area contributed by atoms with Crippen molar-refractivity contribution in [3.05, 3.63) is 127 Å². The van der Waals surface area contributed by atoms with Crippen molar-refractivity contribution in [2.45, 2.75) is 12.5 Å². The topological polar surface area (TPSA) is 19.0 Å². The van der Waals surface area contributed by atoms with Crippen LogP contribution in [0.3, 0.4) is 0 Å². The van der Waals surface area contributed by atoms with Gasteiger partial charge in [-0.1, -0.05) is 85.0 Å². The van der Waals surface area contributed by atoms with E-state index >= 15 is 0 Å². The van der Waals surface area contributed by atoms with Crippen LogP contribution in [0, 0.1) is 5.92 Å². The Labute approximate surface area is 203 Å². The van der Waals surface area contributed by atoms with Gasteiger partial charge < -0.3 is 9.88 Å². The zero-order valence-electron chi connectivity index (χ0n) is 19.3. The molecule has 35 heavy (non-hydrogen) atoms. The molecule has 3 heterocycles. The fraction of sp³-hybridized carbons (Fsp3) is 0.0909. The summed E-state index contributed by atoms with van der Waals surface area (Å²) >= 11 is 0. The second kappa shape index (κ2) is 7.10. The van der Waals surface area contributed by atoms with Gasteiger partial charge in [0.2, 0.25) is 0 Å². The Hall–Kier alpha value is -4.30. The van der Waals surface area contributed by atoms with Gasteiger partial charge in [0.15, 0.2) is 0 Å². The van der Waals surface area contributed by atoms with Gasteiger partial charge in [0.25, 0.3) is 0 Å². The minimum absolute atomic E-state index is 0.395. The minimum atomic E-state index is 0.395. The highest BCUT2D eigenvalue weighted by molar-refractivity contribution is 6.31. The molecule has 0 saturated carbocycles. The number of rotatable bonds is 1. The highest BCUT2D eigenvalue weighted by Crippen LogP contribution is 2.44. The summed E-state index contributed by atoms with van der Waals surface area (Å²) < 4.78 is 0. The van der Waals surface area contributed by atoms with Crippen molar-refractivity contribution < 1.29 is 0 Å². The predicted molar refractivity (Wildman–Crippen MR) is 148 cm³/mol. The van der Waals surface area contributed by atoms with Gasteiger partial charge in [-0.2, -0.15) is 0 Å². The van der Waals surface area contributed by atoms with E-state index in [0.717, 1.165) is 6.42 Å². The number of nitrogens with one attached hydrogen (secondary N) is 1. The molecule has 2 heteroatoms. The predicted octanol–water partition coefficient (Wildman–Crippen LogP) is 8.24. The van der Waals surface area contributed by atoms with Crippen molar-refractivity contribution in [2.24, 2.45) is 5.92 Å². The van der Waals surface area contributed by atoms with Gasteiger partial charge in [0.1, 0.15) is 0 Å². The third-order valence-corrected chi connectivity index (χ3v) is 8.02. The summed E-state index contributed by atoms with van der Waals surface area (Å²) in [7, 11) is 0. The van der Waals surface area contributed by atoms with Crippen LogP contribution in [0.15, 0.2) is 121 Å². The Morgan fingerprint density at radius 3 is 2.46 bits per heavy atom. The van der Waals surface area contributed by atoms with Crippen molar-refractivity contribution in [1.82, 2.24) is 9.88 Å². The van der Waals surface area contributed by atoms with E-state index in [-0.39, 0.29) is 0 Å². The summed E-state index contributed by atoms with van der Waals surface area (Å²) in [5.74, 6) is 0.477. The van der Waals surface area contributed by atoms with Gasteiger partial charge >= 0.3 is 0 Å². The summed E-state index contributed by atoms with van der Waals surface area (Å²) in [5.41, 5.74) is 6.48. The Morgan fingerprint density at radius 2 is 1.57 bits per heavy atom. The van der Waals surface area contributed by atoms with Crippen molar-refractivity contribution in [2.75, 3.05) is 0 Å². The molecule has 0 bridgehead atoms. The SMILES string of the molecule is C1=CCC2C(=C1)C(c1ccc3[nH]c4c5ccccc5c5ccccc5c4c3c1)=CN1C=CC=CC21. The quantitative estimate of drug-likeness (QED) is 0.256.